The summed E-state index contributed by atoms with van der Waals surface area (Å²) in [5, 5.41) is 0. The zero-order chi connectivity index (χ0) is 13.3. The highest BCUT2D eigenvalue weighted by Crippen LogP contribution is 2.32. The maximum absolute atomic E-state index is 12.2. The van der Waals surface area contributed by atoms with E-state index >= 15 is 0 Å². The molecule has 6 nitrogen and oxygen atoms in total. The molecule has 0 bridgehead atoms. The molecule has 0 radical (unpaired) electrons. The number of hydrogen-bond donors (Lipinski definition) is 0. The first-order valence-electron chi connectivity index (χ1n) is 5.54. The van der Waals surface area contributed by atoms with Crippen LogP contribution in [0.1, 0.15) is 5.69 Å². The minimum atomic E-state index is -3.45. The van der Waals surface area contributed by atoms with E-state index < -0.39 is 9.84 Å². The van der Waals surface area contributed by atoms with Gasteiger partial charge in [-0.25, -0.2) is 8.42 Å². The van der Waals surface area contributed by atoms with Gasteiger partial charge >= 0.3 is 0 Å². The van der Waals surface area contributed by atoms with Crippen LogP contribution < -0.4 is 9.47 Å². The molecule has 1 aliphatic rings. The average Bonchev–Trinajstić information content (AvgIpc) is 2.90. The van der Waals surface area contributed by atoms with Crippen molar-refractivity contribution in [3.63, 3.8) is 0 Å². The lowest BCUT2D eigenvalue weighted by atomic mass is 10.3. The Morgan fingerprint density at radius 3 is 2.74 bits per heavy atom. The number of fused-ring (bicyclic) bond motifs is 1. The van der Waals surface area contributed by atoms with E-state index in [-0.39, 0.29) is 10.6 Å². The SMILES string of the molecule is O=S(=O)(Cc1cnsn1)c1ccc2c(c1)OCCO2. The maximum Gasteiger partial charge on any atom is 0.184 e. The molecular weight excluding hydrogens is 288 g/mol. The highest BCUT2D eigenvalue weighted by molar-refractivity contribution is 7.90. The van der Waals surface area contributed by atoms with Crippen LogP contribution >= 0.6 is 11.7 Å². The van der Waals surface area contributed by atoms with Crippen LogP contribution in [0.25, 0.3) is 0 Å². The fraction of sp³-hybridized carbons (Fsp3) is 0.273. The van der Waals surface area contributed by atoms with Crippen LogP contribution in [-0.4, -0.2) is 30.4 Å². The van der Waals surface area contributed by atoms with Gasteiger partial charge in [0, 0.05) is 6.07 Å². The van der Waals surface area contributed by atoms with Gasteiger partial charge in [-0.05, 0) is 12.1 Å². The smallest absolute Gasteiger partial charge is 0.184 e. The molecule has 1 aromatic heterocycles. The van der Waals surface area contributed by atoms with Crippen LogP contribution in [-0.2, 0) is 15.6 Å². The molecule has 0 unspecified atom stereocenters. The standard InChI is InChI=1S/C11H10N2O4S2/c14-19(15,7-8-6-12-18-13-8)9-1-2-10-11(5-9)17-4-3-16-10/h1-2,5-6H,3-4,7H2. The van der Waals surface area contributed by atoms with Crippen LogP contribution in [0.5, 0.6) is 11.5 Å². The first kappa shape index (κ1) is 12.4. The Bertz CT molecular complexity index is 683. The van der Waals surface area contributed by atoms with E-state index in [4.69, 9.17) is 9.47 Å². The predicted molar refractivity (Wildman–Crippen MR) is 68.2 cm³/mol. The van der Waals surface area contributed by atoms with Crippen molar-refractivity contribution in [3.8, 4) is 11.5 Å². The minimum absolute atomic E-state index is 0.164. The van der Waals surface area contributed by atoms with Gasteiger partial charge in [0.1, 0.15) is 13.2 Å². The van der Waals surface area contributed by atoms with E-state index in [0.29, 0.717) is 30.4 Å². The Morgan fingerprint density at radius 1 is 1.21 bits per heavy atom. The Morgan fingerprint density at radius 2 is 2.00 bits per heavy atom. The Kier molecular flexibility index (Phi) is 3.11. The van der Waals surface area contributed by atoms with Gasteiger partial charge in [-0.3, -0.25) is 0 Å². The lowest BCUT2D eigenvalue weighted by molar-refractivity contribution is 0.171. The van der Waals surface area contributed by atoms with Crippen molar-refractivity contribution in [2.24, 2.45) is 0 Å². The van der Waals surface area contributed by atoms with Gasteiger partial charge in [0.2, 0.25) is 0 Å². The number of ether oxygens (including phenoxy) is 2. The lowest BCUT2D eigenvalue weighted by Crippen LogP contribution is -2.16. The van der Waals surface area contributed by atoms with E-state index in [9.17, 15) is 8.42 Å². The number of sulfone groups is 1. The van der Waals surface area contributed by atoms with Crippen LogP contribution in [0.4, 0.5) is 0 Å². The Balaban J connectivity index is 1.93. The molecule has 2 aromatic rings. The van der Waals surface area contributed by atoms with E-state index in [1.807, 2.05) is 0 Å². The molecule has 0 amide bonds. The van der Waals surface area contributed by atoms with E-state index in [0.717, 1.165) is 11.7 Å². The first-order chi connectivity index (χ1) is 9.15. The third kappa shape index (κ3) is 2.54. The van der Waals surface area contributed by atoms with Crippen molar-refractivity contribution in [2.45, 2.75) is 10.6 Å². The van der Waals surface area contributed by atoms with Crippen molar-refractivity contribution >= 4 is 21.6 Å². The van der Waals surface area contributed by atoms with Crippen LogP contribution in [0.3, 0.4) is 0 Å². The third-order valence-electron chi connectivity index (χ3n) is 2.62. The summed E-state index contributed by atoms with van der Waals surface area (Å²) in [6.45, 7) is 0.899. The molecule has 3 rings (SSSR count). The quantitative estimate of drug-likeness (QED) is 0.849. The molecule has 19 heavy (non-hydrogen) atoms. The van der Waals surface area contributed by atoms with E-state index in [1.165, 1.54) is 18.3 Å². The molecule has 1 aromatic carbocycles. The van der Waals surface area contributed by atoms with Gasteiger partial charge in [0.15, 0.2) is 21.3 Å². The molecule has 0 N–H and O–H groups in total. The molecular formula is C11H10N2O4S2. The van der Waals surface area contributed by atoms with Gasteiger partial charge in [-0.2, -0.15) is 8.75 Å². The van der Waals surface area contributed by atoms with Crippen LogP contribution in [0.15, 0.2) is 29.3 Å². The molecule has 1 aliphatic heterocycles. The second kappa shape index (κ2) is 4.78. The third-order valence-corrected chi connectivity index (χ3v) is 4.78. The summed E-state index contributed by atoms with van der Waals surface area (Å²) in [6, 6.07) is 4.62. The number of hydrogen-bond acceptors (Lipinski definition) is 7. The zero-order valence-electron chi connectivity index (χ0n) is 9.77. The van der Waals surface area contributed by atoms with Gasteiger partial charge in [0.25, 0.3) is 0 Å². The molecule has 0 fully saturated rings. The summed E-state index contributed by atoms with van der Waals surface area (Å²) in [5.74, 6) is 0.868. The van der Waals surface area contributed by atoms with Gasteiger partial charge in [-0.1, -0.05) is 0 Å². The molecule has 100 valence electrons. The summed E-state index contributed by atoms with van der Waals surface area (Å²) >= 11 is 0.989. The van der Waals surface area contributed by atoms with Crippen molar-refractivity contribution in [1.82, 2.24) is 8.75 Å². The number of benzene rings is 1. The monoisotopic (exact) mass is 298 g/mol. The summed E-state index contributed by atoms with van der Waals surface area (Å²) < 4.78 is 42.9. The summed E-state index contributed by atoms with van der Waals surface area (Å²) in [7, 11) is -3.45. The van der Waals surface area contributed by atoms with Crippen molar-refractivity contribution < 1.29 is 17.9 Å². The highest BCUT2D eigenvalue weighted by atomic mass is 32.2. The van der Waals surface area contributed by atoms with Crippen molar-refractivity contribution in [3.05, 3.63) is 30.1 Å². The normalized spacial score (nSPS) is 14.3. The molecule has 8 heteroatoms. The van der Waals surface area contributed by atoms with Gasteiger partial charge in [-0.15, -0.1) is 0 Å². The van der Waals surface area contributed by atoms with Gasteiger partial charge < -0.3 is 9.47 Å². The average molecular weight is 298 g/mol. The number of aromatic nitrogens is 2. The summed E-state index contributed by atoms with van der Waals surface area (Å²) in [6.07, 6.45) is 1.46. The molecule has 0 atom stereocenters. The van der Waals surface area contributed by atoms with E-state index in [2.05, 4.69) is 8.75 Å². The van der Waals surface area contributed by atoms with Crippen LogP contribution in [0, 0.1) is 0 Å². The molecule has 0 saturated carbocycles. The Labute approximate surface area is 114 Å². The fourth-order valence-corrected chi connectivity index (χ4v) is 3.51. The molecule has 0 saturated heterocycles. The topological polar surface area (TPSA) is 78.4 Å². The summed E-state index contributed by atoms with van der Waals surface area (Å²) in [5.41, 5.74) is 0.444. The van der Waals surface area contributed by atoms with E-state index in [1.54, 1.807) is 6.07 Å². The second-order valence-corrected chi connectivity index (χ2v) is 6.51. The predicted octanol–water partition coefficient (Wildman–Crippen LogP) is 1.28. The van der Waals surface area contributed by atoms with Crippen molar-refractivity contribution in [1.29, 1.82) is 0 Å². The second-order valence-electron chi connectivity index (χ2n) is 3.96. The van der Waals surface area contributed by atoms with Gasteiger partial charge in [0.05, 0.1) is 34.3 Å². The molecule has 0 aliphatic carbocycles. The highest BCUT2D eigenvalue weighted by Gasteiger charge is 2.20. The number of nitrogens with zero attached hydrogens (tertiary/aromatic N) is 2. The minimum Gasteiger partial charge on any atom is -0.486 e. The fourth-order valence-electron chi connectivity index (χ4n) is 1.74. The largest absolute Gasteiger partial charge is 0.486 e. The van der Waals surface area contributed by atoms with Crippen molar-refractivity contribution in [2.75, 3.05) is 13.2 Å². The Hall–Kier alpha value is -1.67. The molecule has 0 spiro atoms. The lowest BCUT2D eigenvalue weighted by Gasteiger charge is -2.18. The maximum atomic E-state index is 12.2. The summed E-state index contributed by atoms with van der Waals surface area (Å²) in [4.78, 5) is 0.199. The van der Waals surface area contributed by atoms with Crippen LogP contribution in [0.2, 0.25) is 0 Å². The first-order valence-corrected chi connectivity index (χ1v) is 7.92. The molecule has 2 heterocycles. The zero-order valence-corrected chi connectivity index (χ0v) is 11.4. The number of rotatable bonds is 3.